The Kier molecular flexibility index (Phi) is 3.72. The Hall–Kier alpha value is -1.61. The lowest BCUT2D eigenvalue weighted by Crippen LogP contribution is -2.06. The predicted octanol–water partition coefficient (Wildman–Crippen LogP) is 2.78. The van der Waals surface area contributed by atoms with E-state index >= 15 is 0 Å². The molecule has 0 aliphatic rings. The molecule has 0 aliphatic heterocycles. The first-order chi connectivity index (χ1) is 7.84. The summed E-state index contributed by atoms with van der Waals surface area (Å²) < 4.78 is 0. The molecule has 1 aromatic carbocycles. The molecular weight excluding hydrogens is 222 g/mol. The van der Waals surface area contributed by atoms with Crippen molar-refractivity contribution >= 4 is 17.4 Å². The molecule has 4 heteroatoms. The van der Waals surface area contributed by atoms with Crippen molar-refractivity contribution in [3.8, 4) is 0 Å². The summed E-state index contributed by atoms with van der Waals surface area (Å²) in [7, 11) is 0. The minimum Gasteiger partial charge on any atom is -0.368 e. The standard InChI is InChI=1S/C12H12ClN3/c13-11-3-1-10(2-4-11)5-6-15-12-9-14-7-8-16-12/h1-4,7-9H,5-6H2,(H,15,16). The van der Waals surface area contributed by atoms with Crippen molar-refractivity contribution in [2.24, 2.45) is 0 Å². The molecule has 0 saturated carbocycles. The fourth-order valence-corrected chi connectivity index (χ4v) is 1.50. The van der Waals surface area contributed by atoms with Crippen LogP contribution in [-0.4, -0.2) is 16.5 Å². The van der Waals surface area contributed by atoms with Gasteiger partial charge in [-0.15, -0.1) is 0 Å². The molecule has 0 unspecified atom stereocenters. The molecule has 0 bridgehead atoms. The van der Waals surface area contributed by atoms with Gasteiger partial charge in [-0.25, -0.2) is 4.98 Å². The quantitative estimate of drug-likeness (QED) is 0.883. The van der Waals surface area contributed by atoms with Gasteiger partial charge in [-0.2, -0.15) is 0 Å². The van der Waals surface area contributed by atoms with Gasteiger partial charge in [-0.05, 0) is 24.1 Å². The molecule has 3 nitrogen and oxygen atoms in total. The summed E-state index contributed by atoms with van der Waals surface area (Å²) in [6, 6.07) is 7.86. The maximum atomic E-state index is 5.81. The largest absolute Gasteiger partial charge is 0.368 e. The highest BCUT2D eigenvalue weighted by atomic mass is 35.5. The minimum absolute atomic E-state index is 0.769. The van der Waals surface area contributed by atoms with Crippen LogP contribution >= 0.6 is 11.6 Å². The molecule has 1 heterocycles. The van der Waals surface area contributed by atoms with Crippen LogP contribution in [0.1, 0.15) is 5.56 Å². The number of aromatic nitrogens is 2. The second-order valence-electron chi connectivity index (χ2n) is 3.39. The molecule has 1 aromatic heterocycles. The van der Waals surface area contributed by atoms with Gasteiger partial charge >= 0.3 is 0 Å². The van der Waals surface area contributed by atoms with E-state index in [1.54, 1.807) is 18.6 Å². The van der Waals surface area contributed by atoms with Crippen LogP contribution in [-0.2, 0) is 6.42 Å². The summed E-state index contributed by atoms with van der Waals surface area (Å²) in [5.41, 5.74) is 1.25. The zero-order chi connectivity index (χ0) is 11.2. The van der Waals surface area contributed by atoms with E-state index in [9.17, 15) is 0 Å². The zero-order valence-electron chi connectivity index (χ0n) is 8.73. The molecule has 16 heavy (non-hydrogen) atoms. The molecule has 0 atom stereocenters. The number of rotatable bonds is 4. The summed E-state index contributed by atoms with van der Waals surface area (Å²) in [5, 5.41) is 3.97. The third-order valence-electron chi connectivity index (χ3n) is 2.20. The molecule has 0 spiro atoms. The van der Waals surface area contributed by atoms with Crippen LogP contribution in [0.5, 0.6) is 0 Å². The van der Waals surface area contributed by atoms with Gasteiger partial charge in [-0.3, -0.25) is 4.98 Å². The molecule has 0 amide bonds. The van der Waals surface area contributed by atoms with Gasteiger partial charge in [0.1, 0.15) is 5.82 Å². The van der Waals surface area contributed by atoms with Gasteiger partial charge < -0.3 is 5.32 Å². The molecule has 2 aromatic rings. The summed E-state index contributed by atoms with van der Waals surface area (Å²) in [4.78, 5) is 8.11. The van der Waals surface area contributed by atoms with Crippen LogP contribution in [0, 0.1) is 0 Å². The lowest BCUT2D eigenvalue weighted by Gasteiger charge is -2.04. The minimum atomic E-state index is 0.769. The van der Waals surface area contributed by atoms with Crippen LogP contribution < -0.4 is 5.32 Å². The van der Waals surface area contributed by atoms with Crippen molar-refractivity contribution in [3.63, 3.8) is 0 Å². The van der Waals surface area contributed by atoms with Gasteiger partial charge in [0, 0.05) is 24.0 Å². The normalized spacial score (nSPS) is 10.1. The lowest BCUT2D eigenvalue weighted by molar-refractivity contribution is 1.000. The molecule has 2 rings (SSSR count). The average Bonchev–Trinajstić information content (AvgIpc) is 2.33. The van der Waals surface area contributed by atoms with Crippen LogP contribution in [0.2, 0.25) is 5.02 Å². The topological polar surface area (TPSA) is 37.8 Å². The van der Waals surface area contributed by atoms with Gasteiger partial charge in [0.25, 0.3) is 0 Å². The predicted molar refractivity (Wildman–Crippen MR) is 65.7 cm³/mol. The molecule has 0 saturated heterocycles. The Bertz CT molecular complexity index is 428. The third-order valence-corrected chi connectivity index (χ3v) is 2.45. The highest BCUT2D eigenvalue weighted by Crippen LogP contribution is 2.10. The van der Waals surface area contributed by atoms with E-state index in [1.807, 2.05) is 24.3 Å². The lowest BCUT2D eigenvalue weighted by atomic mass is 10.1. The van der Waals surface area contributed by atoms with Crippen molar-refractivity contribution in [1.82, 2.24) is 9.97 Å². The first-order valence-electron chi connectivity index (χ1n) is 5.09. The van der Waals surface area contributed by atoms with E-state index in [2.05, 4.69) is 15.3 Å². The smallest absolute Gasteiger partial charge is 0.144 e. The van der Waals surface area contributed by atoms with Crippen LogP contribution in [0.15, 0.2) is 42.9 Å². The zero-order valence-corrected chi connectivity index (χ0v) is 9.48. The van der Waals surface area contributed by atoms with Crippen molar-refractivity contribution in [1.29, 1.82) is 0 Å². The van der Waals surface area contributed by atoms with E-state index in [0.29, 0.717) is 0 Å². The Labute approximate surface area is 99.5 Å². The summed E-state index contributed by atoms with van der Waals surface area (Å²) in [6.07, 6.45) is 5.98. The Morgan fingerprint density at radius 1 is 1.12 bits per heavy atom. The molecule has 82 valence electrons. The number of hydrogen-bond acceptors (Lipinski definition) is 3. The summed E-state index contributed by atoms with van der Waals surface area (Å²) >= 11 is 5.81. The summed E-state index contributed by atoms with van der Waals surface area (Å²) in [6.45, 7) is 0.834. The first kappa shape index (κ1) is 10.9. The molecule has 0 radical (unpaired) electrons. The van der Waals surface area contributed by atoms with Gasteiger partial charge in [0.15, 0.2) is 0 Å². The number of anilines is 1. The van der Waals surface area contributed by atoms with E-state index in [-0.39, 0.29) is 0 Å². The van der Waals surface area contributed by atoms with E-state index in [4.69, 9.17) is 11.6 Å². The number of nitrogens with zero attached hydrogens (tertiary/aromatic N) is 2. The van der Waals surface area contributed by atoms with Crippen molar-refractivity contribution in [2.75, 3.05) is 11.9 Å². The fourth-order valence-electron chi connectivity index (χ4n) is 1.38. The molecule has 0 aliphatic carbocycles. The number of halogens is 1. The van der Waals surface area contributed by atoms with E-state index in [1.165, 1.54) is 5.56 Å². The second-order valence-corrected chi connectivity index (χ2v) is 3.83. The Morgan fingerprint density at radius 3 is 2.62 bits per heavy atom. The van der Waals surface area contributed by atoms with Gasteiger partial charge in [0.2, 0.25) is 0 Å². The molecule has 0 fully saturated rings. The highest BCUT2D eigenvalue weighted by Gasteiger charge is 1.94. The molecular formula is C12H12ClN3. The summed E-state index contributed by atoms with van der Waals surface area (Å²) in [5.74, 6) is 0.802. The number of benzene rings is 1. The van der Waals surface area contributed by atoms with Crippen molar-refractivity contribution in [2.45, 2.75) is 6.42 Å². The van der Waals surface area contributed by atoms with Crippen molar-refractivity contribution in [3.05, 3.63) is 53.4 Å². The number of hydrogen-bond donors (Lipinski definition) is 1. The highest BCUT2D eigenvalue weighted by molar-refractivity contribution is 6.30. The maximum Gasteiger partial charge on any atom is 0.144 e. The SMILES string of the molecule is Clc1ccc(CCNc2cnccn2)cc1. The molecule has 1 N–H and O–H groups in total. The third kappa shape index (κ3) is 3.21. The van der Waals surface area contributed by atoms with Crippen LogP contribution in [0.4, 0.5) is 5.82 Å². The van der Waals surface area contributed by atoms with Crippen molar-refractivity contribution < 1.29 is 0 Å². The van der Waals surface area contributed by atoms with E-state index in [0.717, 1.165) is 23.8 Å². The van der Waals surface area contributed by atoms with Gasteiger partial charge in [0.05, 0.1) is 6.20 Å². The first-order valence-corrected chi connectivity index (χ1v) is 5.47. The van der Waals surface area contributed by atoms with Gasteiger partial charge in [-0.1, -0.05) is 23.7 Å². The maximum absolute atomic E-state index is 5.81. The van der Waals surface area contributed by atoms with Crippen LogP contribution in [0.25, 0.3) is 0 Å². The number of nitrogens with one attached hydrogen (secondary N) is 1. The van der Waals surface area contributed by atoms with Crippen LogP contribution in [0.3, 0.4) is 0 Å². The average molecular weight is 234 g/mol. The fraction of sp³-hybridized carbons (Fsp3) is 0.167. The second kappa shape index (κ2) is 5.47. The Morgan fingerprint density at radius 2 is 1.94 bits per heavy atom. The monoisotopic (exact) mass is 233 g/mol. The Balaban J connectivity index is 1.82. The van der Waals surface area contributed by atoms with E-state index < -0.39 is 0 Å².